The number of aryl methyl sites for hydroxylation is 1. The number of benzene rings is 2. The molecule has 0 fully saturated rings. The van der Waals surface area contributed by atoms with Crippen molar-refractivity contribution in [2.75, 3.05) is 7.05 Å². The van der Waals surface area contributed by atoms with Gasteiger partial charge in [0.2, 0.25) is 0 Å². The first kappa shape index (κ1) is 14.5. The van der Waals surface area contributed by atoms with E-state index in [9.17, 15) is 0 Å². The zero-order valence-corrected chi connectivity index (χ0v) is 14.4. The van der Waals surface area contributed by atoms with Gasteiger partial charge in [0.05, 0.1) is 0 Å². The van der Waals surface area contributed by atoms with Gasteiger partial charge in [-0.05, 0) is 0 Å². The fraction of sp³-hybridized carbons (Fsp3) is 0.188. The van der Waals surface area contributed by atoms with E-state index < -0.39 is 0 Å². The quantitative estimate of drug-likeness (QED) is 0.733. The summed E-state index contributed by atoms with van der Waals surface area (Å²) in [4.78, 5) is 2.24. The summed E-state index contributed by atoms with van der Waals surface area (Å²) >= 11 is 6.84. The molecule has 0 aliphatic carbocycles. The zero-order valence-electron chi connectivity index (χ0n) is 11.1. The van der Waals surface area contributed by atoms with Gasteiger partial charge in [-0.1, -0.05) is 0 Å². The van der Waals surface area contributed by atoms with Crippen LogP contribution in [-0.4, -0.2) is 32.1 Å². The second-order valence-electron chi connectivity index (χ2n) is 4.58. The van der Waals surface area contributed by atoms with Crippen LogP contribution in [-0.2, 0) is 6.54 Å². The maximum atomic E-state index is 3.63. The number of hydrogen-bond acceptors (Lipinski definition) is 1. The molecule has 98 valence electrons. The molecule has 0 N–H and O–H groups in total. The van der Waals surface area contributed by atoms with Gasteiger partial charge >= 0.3 is 131 Å². The molecule has 2 aromatic rings. The fourth-order valence-corrected chi connectivity index (χ4v) is 3.68. The normalized spacial score (nSPS) is 10.3. The first-order valence-electron chi connectivity index (χ1n) is 6.14. The van der Waals surface area contributed by atoms with Gasteiger partial charge in [-0.15, -0.1) is 0 Å². The summed E-state index contributed by atoms with van der Waals surface area (Å²) in [5, 5.41) is 0. The SMILES string of the molecule is Cc1cccc(Br)c1C(=[Se])N(C)Cc1ccccc1. The van der Waals surface area contributed by atoms with Crippen molar-refractivity contribution in [1.29, 1.82) is 0 Å². The van der Waals surface area contributed by atoms with E-state index in [1.165, 1.54) is 16.7 Å². The molecule has 2 rings (SSSR count). The maximum absolute atomic E-state index is 3.63. The number of hydrogen-bond donors (Lipinski definition) is 0. The molecule has 19 heavy (non-hydrogen) atoms. The Morgan fingerprint density at radius 1 is 1.11 bits per heavy atom. The zero-order chi connectivity index (χ0) is 13.8. The first-order chi connectivity index (χ1) is 9.09. The van der Waals surface area contributed by atoms with E-state index in [0.29, 0.717) is 0 Å². The van der Waals surface area contributed by atoms with Gasteiger partial charge in [0, 0.05) is 0 Å². The van der Waals surface area contributed by atoms with Gasteiger partial charge in [-0.25, -0.2) is 0 Å². The Morgan fingerprint density at radius 2 is 1.79 bits per heavy atom. The minimum atomic E-state index is 0.893. The van der Waals surface area contributed by atoms with Crippen LogP contribution in [0, 0.1) is 6.92 Å². The average molecular weight is 381 g/mol. The molecule has 0 spiro atoms. The molecule has 0 radical (unpaired) electrons. The van der Waals surface area contributed by atoms with Crippen LogP contribution in [0.15, 0.2) is 53.0 Å². The van der Waals surface area contributed by atoms with E-state index in [1.807, 2.05) is 6.07 Å². The molecule has 0 unspecified atom stereocenters. The summed E-state index contributed by atoms with van der Waals surface area (Å²) in [5.41, 5.74) is 3.81. The van der Waals surface area contributed by atoms with Crippen molar-refractivity contribution >= 4 is 36.0 Å². The standard InChI is InChI=1S/C16H16BrNSe/c1-12-7-6-10-14(17)15(12)16(19)18(2)11-13-8-4-3-5-9-13/h3-10H,11H2,1-2H3. The molecule has 3 heteroatoms. The topological polar surface area (TPSA) is 3.24 Å². The van der Waals surface area contributed by atoms with Crippen LogP contribution in [0.1, 0.15) is 16.7 Å². The van der Waals surface area contributed by atoms with Gasteiger partial charge in [-0.2, -0.15) is 0 Å². The second kappa shape index (κ2) is 6.51. The van der Waals surface area contributed by atoms with Gasteiger partial charge in [0.1, 0.15) is 0 Å². The molecule has 0 bridgehead atoms. The molecule has 1 nitrogen and oxygen atoms in total. The summed E-state index contributed by atoms with van der Waals surface area (Å²) < 4.78 is 2.29. The summed E-state index contributed by atoms with van der Waals surface area (Å²) in [6.07, 6.45) is 0. The number of rotatable bonds is 4. The van der Waals surface area contributed by atoms with E-state index in [4.69, 9.17) is 0 Å². The molecule has 0 heterocycles. The molecular weight excluding hydrogens is 365 g/mol. The summed E-state index contributed by atoms with van der Waals surface area (Å²) in [6, 6.07) is 16.8. The van der Waals surface area contributed by atoms with Crippen molar-refractivity contribution in [3.05, 3.63) is 69.7 Å². The molecule has 0 aliphatic rings. The molecule has 0 atom stereocenters. The van der Waals surface area contributed by atoms with E-state index in [2.05, 4.69) is 92.8 Å². The molecule has 0 amide bonds. The monoisotopic (exact) mass is 381 g/mol. The Hall–Kier alpha value is -0.891. The molecule has 0 saturated heterocycles. The van der Waals surface area contributed by atoms with Crippen LogP contribution in [0.25, 0.3) is 0 Å². The van der Waals surface area contributed by atoms with Crippen LogP contribution in [0.2, 0.25) is 0 Å². The second-order valence-corrected chi connectivity index (χ2v) is 6.24. The molecule has 0 saturated carbocycles. The van der Waals surface area contributed by atoms with Crippen LogP contribution in [0.5, 0.6) is 0 Å². The number of nitrogens with zero attached hydrogens (tertiary/aromatic N) is 1. The summed E-state index contributed by atoms with van der Waals surface area (Å²) in [7, 11) is 2.11. The predicted octanol–water partition coefficient (Wildman–Crippen LogP) is 3.54. The van der Waals surface area contributed by atoms with Crippen molar-refractivity contribution < 1.29 is 0 Å². The van der Waals surface area contributed by atoms with Crippen LogP contribution >= 0.6 is 15.9 Å². The van der Waals surface area contributed by atoms with Crippen LogP contribution < -0.4 is 0 Å². The van der Waals surface area contributed by atoms with Crippen molar-refractivity contribution in [3.63, 3.8) is 0 Å². The van der Waals surface area contributed by atoms with Crippen molar-refractivity contribution in [2.45, 2.75) is 13.5 Å². The predicted molar refractivity (Wildman–Crippen MR) is 86.7 cm³/mol. The molecular formula is C16H16BrNSe. The molecule has 2 aromatic carbocycles. The Morgan fingerprint density at radius 3 is 2.42 bits per heavy atom. The van der Waals surface area contributed by atoms with Gasteiger partial charge in [0.15, 0.2) is 0 Å². The van der Waals surface area contributed by atoms with E-state index in [1.54, 1.807) is 0 Å². The Kier molecular flexibility index (Phi) is 4.98. The van der Waals surface area contributed by atoms with Crippen LogP contribution in [0.3, 0.4) is 0 Å². The van der Waals surface area contributed by atoms with Gasteiger partial charge in [0.25, 0.3) is 0 Å². The summed E-state index contributed by atoms with van der Waals surface area (Å²) in [5.74, 6) is 0. The van der Waals surface area contributed by atoms with E-state index >= 15 is 0 Å². The van der Waals surface area contributed by atoms with Crippen molar-refractivity contribution in [2.24, 2.45) is 0 Å². The average Bonchev–Trinajstić information content (AvgIpc) is 2.39. The van der Waals surface area contributed by atoms with Crippen LogP contribution in [0.4, 0.5) is 0 Å². The third-order valence-corrected chi connectivity index (χ3v) is 4.79. The Balaban J connectivity index is 2.20. The molecule has 0 aromatic heterocycles. The van der Waals surface area contributed by atoms with Crippen molar-refractivity contribution in [3.8, 4) is 0 Å². The molecule has 0 aliphatic heterocycles. The van der Waals surface area contributed by atoms with E-state index in [-0.39, 0.29) is 0 Å². The van der Waals surface area contributed by atoms with E-state index in [0.717, 1.165) is 15.6 Å². The third-order valence-electron chi connectivity index (χ3n) is 3.05. The van der Waals surface area contributed by atoms with Gasteiger partial charge < -0.3 is 0 Å². The summed E-state index contributed by atoms with van der Waals surface area (Å²) in [6.45, 7) is 3.03. The Labute approximate surface area is 131 Å². The minimum absolute atomic E-state index is 0.893. The number of halogens is 1. The fourth-order valence-electron chi connectivity index (χ4n) is 2.02. The van der Waals surface area contributed by atoms with Gasteiger partial charge in [-0.3, -0.25) is 0 Å². The Bertz CT molecular complexity index is 560. The first-order valence-corrected chi connectivity index (χ1v) is 7.79. The third kappa shape index (κ3) is 3.56. The van der Waals surface area contributed by atoms with Crippen molar-refractivity contribution in [1.82, 2.24) is 4.90 Å².